The van der Waals surface area contributed by atoms with E-state index in [4.69, 9.17) is 5.73 Å². The van der Waals surface area contributed by atoms with Crippen molar-refractivity contribution < 1.29 is 0 Å². The van der Waals surface area contributed by atoms with Crippen LogP contribution in [0.25, 0.3) is 0 Å². The molecular weight excluding hydrogens is 307 g/mol. The van der Waals surface area contributed by atoms with Gasteiger partial charge in [-0.15, -0.1) is 9.24 Å². The quantitative estimate of drug-likeness (QED) is 0.444. The van der Waals surface area contributed by atoms with Crippen molar-refractivity contribution >= 4 is 15.1 Å². The number of allylic oxidation sites excluding steroid dienone is 2. The number of rotatable bonds is 6. The van der Waals surface area contributed by atoms with Gasteiger partial charge in [0.25, 0.3) is 0 Å². The fourth-order valence-corrected chi connectivity index (χ4v) is 3.24. The summed E-state index contributed by atoms with van der Waals surface area (Å²) in [5.74, 6) is 0.668. The molecule has 0 fully saturated rings. The number of hydrogen-bond acceptors (Lipinski definition) is 5. The summed E-state index contributed by atoms with van der Waals surface area (Å²) in [6.07, 6.45) is 7.32. The molecule has 0 aromatic heterocycles. The Morgan fingerprint density at radius 1 is 1.61 bits per heavy atom. The zero-order chi connectivity index (χ0) is 17.6. The lowest BCUT2D eigenvalue weighted by atomic mass is 9.75. The van der Waals surface area contributed by atoms with Gasteiger partial charge in [-0.3, -0.25) is 5.32 Å². The second-order valence-corrected chi connectivity index (χ2v) is 7.72. The average molecular weight is 336 g/mol. The Labute approximate surface area is 141 Å². The molecule has 0 bridgehead atoms. The lowest BCUT2D eigenvalue weighted by Crippen LogP contribution is -2.42. The summed E-state index contributed by atoms with van der Waals surface area (Å²) >= 11 is 0. The van der Waals surface area contributed by atoms with Gasteiger partial charge in [0.1, 0.15) is 11.9 Å². The summed E-state index contributed by atoms with van der Waals surface area (Å²) in [5, 5.41) is 6.78. The van der Waals surface area contributed by atoms with E-state index in [0.717, 1.165) is 5.57 Å². The first-order valence-corrected chi connectivity index (χ1v) is 8.51. The Bertz CT molecular complexity index is 519. The van der Waals surface area contributed by atoms with E-state index in [2.05, 4.69) is 59.0 Å². The maximum Gasteiger partial charge on any atom is 0.113 e. The minimum Gasteiger partial charge on any atom is -0.386 e. The van der Waals surface area contributed by atoms with Crippen LogP contribution in [0.1, 0.15) is 27.7 Å². The zero-order valence-electron chi connectivity index (χ0n) is 14.5. The van der Waals surface area contributed by atoms with E-state index in [1.165, 1.54) is 0 Å². The Morgan fingerprint density at radius 2 is 2.26 bits per heavy atom. The van der Waals surface area contributed by atoms with Crippen LogP contribution >= 0.6 is 9.24 Å². The normalized spacial score (nSPS) is 23.4. The standard InChI is InChI=1S/C17H29N4OP/c1-6-7-12(13-8-9-19-14(18)10-20-13)16(23)15(21-22)11(2)17(3,4)5/h6-9,11,13,15-16,20H,1,10,23H2,2-5H3,(H2,18,19)/b12-7-. The largest absolute Gasteiger partial charge is 0.386 e. The topological polar surface area (TPSA) is 79.8 Å². The maximum absolute atomic E-state index is 11.5. The van der Waals surface area contributed by atoms with Gasteiger partial charge in [0.05, 0.1) is 6.54 Å². The maximum atomic E-state index is 11.5. The summed E-state index contributed by atoms with van der Waals surface area (Å²) in [5.41, 5.74) is 6.69. The molecule has 1 aliphatic heterocycles. The summed E-state index contributed by atoms with van der Waals surface area (Å²) in [6, 6.07) is -0.403. The molecule has 6 heteroatoms. The first-order chi connectivity index (χ1) is 10.7. The van der Waals surface area contributed by atoms with Crippen LogP contribution in [0.15, 0.2) is 46.7 Å². The SMILES string of the molecule is C=C/C=C(/C1C=CN=C(N)CN1)C(P)C(N=O)C(C)C(C)(C)C. The molecule has 0 spiro atoms. The summed E-state index contributed by atoms with van der Waals surface area (Å²) in [6.45, 7) is 12.8. The Morgan fingerprint density at radius 3 is 2.78 bits per heavy atom. The van der Waals surface area contributed by atoms with Crippen LogP contribution in [-0.2, 0) is 0 Å². The molecule has 0 aliphatic carbocycles. The van der Waals surface area contributed by atoms with E-state index in [-0.39, 0.29) is 29.1 Å². The lowest BCUT2D eigenvalue weighted by Gasteiger charge is -2.35. The molecule has 5 nitrogen and oxygen atoms in total. The number of nitroso groups, excluding NO2 is 1. The van der Waals surface area contributed by atoms with Crippen molar-refractivity contribution in [3.05, 3.63) is 41.5 Å². The lowest BCUT2D eigenvalue weighted by molar-refractivity contribution is 0.222. The van der Waals surface area contributed by atoms with Crippen molar-refractivity contribution in [1.29, 1.82) is 0 Å². The first kappa shape index (κ1) is 19.7. The van der Waals surface area contributed by atoms with E-state index < -0.39 is 0 Å². The Balaban J connectivity index is 3.07. The van der Waals surface area contributed by atoms with Gasteiger partial charge in [-0.2, -0.15) is 4.91 Å². The molecule has 128 valence electrons. The van der Waals surface area contributed by atoms with Gasteiger partial charge in [0.15, 0.2) is 0 Å². The fourth-order valence-electron chi connectivity index (χ4n) is 2.52. The molecule has 0 saturated heterocycles. The molecule has 0 aromatic carbocycles. The smallest absolute Gasteiger partial charge is 0.113 e. The third-order valence-electron chi connectivity index (χ3n) is 4.44. The number of nitrogens with one attached hydrogen (secondary N) is 1. The second-order valence-electron chi connectivity index (χ2n) is 7.00. The van der Waals surface area contributed by atoms with Gasteiger partial charge in [-0.25, -0.2) is 4.99 Å². The molecular formula is C17H29N4OP. The molecule has 5 atom stereocenters. The van der Waals surface area contributed by atoms with Crippen molar-refractivity contribution in [2.75, 3.05) is 6.54 Å². The summed E-state index contributed by atoms with van der Waals surface area (Å²) in [7, 11) is 2.78. The van der Waals surface area contributed by atoms with Crippen LogP contribution in [0, 0.1) is 16.2 Å². The molecule has 1 heterocycles. The van der Waals surface area contributed by atoms with Gasteiger partial charge in [-0.1, -0.05) is 51.6 Å². The third kappa shape index (κ3) is 5.36. The van der Waals surface area contributed by atoms with E-state index in [1.54, 1.807) is 12.3 Å². The Kier molecular flexibility index (Phi) is 7.30. The third-order valence-corrected chi connectivity index (χ3v) is 5.22. The van der Waals surface area contributed by atoms with Crippen LogP contribution < -0.4 is 11.1 Å². The second kappa shape index (κ2) is 8.51. The van der Waals surface area contributed by atoms with Crippen molar-refractivity contribution in [1.82, 2.24) is 5.32 Å². The highest BCUT2D eigenvalue weighted by Crippen LogP contribution is 2.36. The van der Waals surface area contributed by atoms with Gasteiger partial charge >= 0.3 is 0 Å². The van der Waals surface area contributed by atoms with Crippen molar-refractivity contribution in [2.45, 2.75) is 45.4 Å². The van der Waals surface area contributed by atoms with Gasteiger partial charge in [-0.05, 0) is 23.0 Å². The fraction of sp³-hybridized carbons (Fsp3) is 0.588. The van der Waals surface area contributed by atoms with Gasteiger partial charge in [0, 0.05) is 17.9 Å². The number of nitrogens with zero attached hydrogens (tertiary/aromatic N) is 2. The molecule has 1 rings (SSSR count). The summed E-state index contributed by atoms with van der Waals surface area (Å²) < 4.78 is 0. The van der Waals surface area contributed by atoms with Crippen LogP contribution in [0.4, 0.5) is 0 Å². The minimum atomic E-state index is -0.345. The summed E-state index contributed by atoms with van der Waals surface area (Å²) in [4.78, 5) is 15.7. The molecule has 1 aliphatic rings. The minimum absolute atomic E-state index is 0.00700. The van der Waals surface area contributed by atoms with Crippen molar-refractivity contribution in [3.63, 3.8) is 0 Å². The van der Waals surface area contributed by atoms with E-state index in [0.29, 0.717) is 12.4 Å². The van der Waals surface area contributed by atoms with E-state index in [9.17, 15) is 4.91 Å². The van der Waals surface area contributed by atoms with Crippen LogP contribution in [0.2, 0.25) is 0 Å². The van der Waals surface area contributed by atoms with Gasteiger partial charge in [0.2, 0.25) is 0 Å². The highest BCUT2D eigenvalue weighted by Gasteiger charge is 2.36. The first-order valence-electron chi connectivity index (χ1n) is 7.85. The van der Waals surface area contributed by atoms with E-state index >= 15 is 0 Å². The predicted octanol–water partition coefficient (Wildman–Crippen LogP) is 3.00. The number of hydrogen-bond donors (Lipinski definition) is 2. The highest BCUT2D eigenvalue weighted by atomic mass is 31.0. The van der Waals surface area contributed by atoms with Crippen LogP contribution in [0.3, 0.4) is 0 Å². The average Bonchev–Trinajstić information content (AvgIpc) is 2.69. The van der Waals surface area contributed by atoms with Crippen LogP contribution in [0.5, 0.6) is 0 Å². The van der Waals surface area contributed by atoms with Gasteiger partial charge < -0.3 is 5.73 Å². The number of aliphatic imine (C=N–C) groups is 1. The Hall–Kier alpha value is -1.32. The monoisotopic (exact) mass is 336 g/mol. The molecule has 3 N–H and O–H groups in total. The van der Waals surface area contributed by atoms with Crippen molar-refractivity contribution in [3.8, 4) is 0 Å². The number of nitrogens with two attached hydrogens (primary N) is 1. The van der Waals surface area contributed by atoms with Crippen LogP contribution in [-0.4, -0.2) is 30.1 Å². The molecule has 23 heavy (non-hydrogen) atoms. The molecule has 0 aromatic rings. The van der Waals surface area contributed by atoms with E-state index in [1.807, 2.05) is 12.2 Å². The zero-order valence-corrected chi connectivity index (χ0v) is 15.6. The molecule has 0 amide bonds. The highest BCUT2D eigenvalue weighted by molar-refractivity contribution is 7.18. The predicted molar refractivity (Wildman–Crippen MR) is 103 cm³/mol. The molecule has 0 radical (unpaired) electrons. The number of amidine groups is 1. The molecule has 0 saturated carbocycles. The van der Waals surface area contributed by atoms with Crippen molar-refractivity contribution in [2.24, 2.45) is 27.2 Å². The molecule has 5 unspecified atom stereocenters.